The predicted octanol–water partition coefficient (Wildman–Crippen LogP) is 4.54. The van der Waals surface area contributed by atoms with Crippen molar-refractivity contribution >= 4 is 23.2 Å². The Morgan fingerprint density at radius 2 is 1.83 bits per heavy atom. The van der Waals surface area contributed by atoms with Crippen molar-refractivity contribution in [1.29, 1.82) is 0 Å². The fourth-order valence-electron chi connectivity index (χ4n) is 1.86. The molecule has 1 N–H and O–H groups in total. The van der Waals surface area contributed by atoms with Crippen molar-refractivity contribution in [3.05, 3.63) is 53.1 Å². The summed E-state index contributed by atoms with van der Waals surface area (Å²) < 4.78 is 45.9. The number of benzene rings is 2. The molecule has 0 heterocycles. The molecule has 0 aliphatic carbocycles. The fraction of sp³-hybridized carbons (Fsp3) is 0.188. The van der Waals surface area contributed by atoms with Crippen molar-refractivity contribution in [2.45, 2.75) is 6.18 Å². The molecule has 0 saturated carbocycles. The molecule has 0 radical (unpaired) electrons. The molecule has 0 unspecified atom stereocenters. The summed E-state index contributed by atoms with van der Waals surface area (Å²) in [6.45, 7) is -1.38. The molecular formula is C16H13ClF3NO3. The van der Waals surface area contributed by atoms with E-state index in [1.165, 1.54) is 37.4 Å². The number of ether oxygens (including phenoxy) is 2. The summed E-state index contributed by atoms with van der Waals surface area (Å²) in [6.07, 6.45) is -4.41. The molecule has 128 valence electrons. The summed E-state index contributed by atoms with van der Waals surface area (Å²) in [5.41, 5.74) is 0.629. The summed E-state index contributed by atoms with van der Waals surface area (Å²) in [4.78, 5) is 12.3. The fourth-order valence-corrected chi connectivity index (χ4v) is 2.03. The minimum absolute atomic E-state index is 0.0469. The highest BCUT2D eigenvalue weighted by atomic mass is 35.5. The van der Waals surface area contributed by atoms with Gasteiger partial charge in [-0.1, -0.05) is 11.6 Å². The van der Waals surface area contributed by atoms with Gasteiger partial charge in [0.1, 0.15) is 11.5 Å². The number of halogens is 4. The van der Waals surface area contributed by atoms with E-state index >= 15 is 0 Å². The van der Waals surface area contributed by atoms with E-state index in [-0.39, 0.29) is 11.3 Å². The van der Waals surface area contributed by atoms with Crippen LogP contribution in [0.4, 0.5) is 18.9 Å². The van der Waals surface area contributed by atoms with Crippen LogP contribution in [0.25, 0.3) is 0 Å². The van der Waals surface area contributed by atoms with Crippen molar-refractivity contribution in [2.24, 2.45) is 0 Å². The molecule has 0 aliphatic heterocycles. The van der Waals surface area contributed by atoms with Crippen LogP contribution in [0.2, 0.25) is 5.02 Å². The lowest BCUT2D eigenvalue weighted by atomic mass is 10.2. The van der Waals surface area contributed by atoms with Crippen molar-refractivity contribution in [3.8, 4) is 11.5 Å². The van der Waals surface area contributed by atoms with Crippen LogP contribution in [0.5, 0.6) is 11.5 Å². The van der Waals surface area contributed by atoms with Gasteiger partial charge in [-0.25, -0.2) is 0 Å². The number of alkyl halides is 3. The largest absolute Gasteiger partial charge is 0.496 e. The Morgan fingerprint density at radius 1 is 1.17 bits per heavy atom. The number of nitrogens with one attached hydrogen (secondary N) is 1. The van der Waals surface area contributed by atoms with Gasteiger partial charge in [0, 0.05) is 10.7 Å². The van der Waals surface area contributed by atoms with Gasteiger partial charge in [-0.05, 0) is 42.5 Å². The Bertz CT molecular complexity index is 717. The van der Waals surface area contributed by atoms with Gasteiger partial charge in [0.2, 0.25) is 0 Å². The summed E-state index contributed by atoms with van der Waals surface area (Å²) >= 11 is 5.87. The van der Waals surface area contributed by atoms with E-state index in [4.69, 9.17) is 16.3 Å². The van der Waals surface area contributed by atoms with Gasteiger partial charge in [-0.2, -0.15) is 13.2 Å². The minimum Gasteiger partial charge on any atom is -0.496 e. The summed E-state index contributed by atoms with van der Waals surface area (Å²) in [6, 6.07) is 10.1. The van der Waals surface area contributed by atoms with Crippen molar-refractivity contribution < 1.29 is 27.4 Å². The van der Waals surface area contributed by atoms with E-state index in [0.29, 0.717) is 16.5 Å². The second-order valence-electron chi connectivity index (χ2n) is 4.73. The topological polar surface area (TPSA) is 47.6 Å². The lowest BCUT2D eigenvalue weighted by Gasteiger charge is -2.11. The molecule has 0 aromatic heterocycles. The first kappa shape index (κ1) is 17.9. The maximum Gasteiger partial charge on any atom is 0.422 e. The first-order valence-corrected chi connectivity index (χ1v) is 7.11. The monoisotopic (exact) mass is 359 g/mol. The zero-order chi connectivity index (χ0) is 17.7. The van der Waals surface area contributed by atoms with E-state index in [1.807, 2.05) is 0 Å². The Labute approximate surface area is 141 Å². The van der Waals surface area contributed by atoms with E-state index in [0.717, 1.165) is 0 Å². The van der Waals surface area contributed by atoms with Crippen LogP contribution in [0, 0.1) is 0 Å². The summed E-state index contributed by atoms with van der Waals surface area (Å²) in [5.74, 6) is -0.0639. The maximum absolute atomic E-state index is 12.3. The Balaban J connectivity index is 2.06. The third-order valence-electron chi connectivity index (χ3n) is 2.92. The standard InChI is InChI=1S/C16H13ClF3NO3/c1-23-14-7-2-10(17)8-13(14)15(22)21-11-3-5-12(6-4-11)24-9-16(18,19)20/h2-8H,9H2,1H3,(H,21,22). The zero-order valence-electron chi connectivity index (χ0n) is 12.5. The first-order valence-electron chi connectivity index (χ1n) is 6.73. The van der Waals surface area contributed by atoms with Crippen LogP contribution in [0.3, 0.4) is 0 Å². The second-order valence-corrected chi connectivity index (χ2v) is 5.16. The van der Waals surface area contributed by atoms with E-state index in [2.05, 4.69) is 10.1 Å². The van der Waals surface area contributed by atoms with Crippen molar-refractivity contribution in [2.75, 3.05) is 19.0 Å². The van der Waals surface area contributed by atoms with Gasteiger partial charge in [0.05, 0.1) is 12.7 Å². The Hall–Kier alpha value is -2.41. The molecule has 0 aliphatic rings. The number of anilines is 1. The molecule has 0 atom stereocenters. The van der Waals surface area contributed by atoms with Gasteiger partial charge < -0.3 is 14.8 Å². The molecule has 24 heavy (non-hydrogen) atoms. The van der Waals surface area contributed by atoms with E-state index < -0.39 is 18.7 Å². The number of carbonyl (C=O) groups excluding carboxylic acids is 1. The lowest BCUT2D eigenvalue weighted by molar-refractivity contribution is -0.153. The third kappa shape index (κ3) is 5.06. The van der Waals surface area contributed by atoms with Gasteiger partial charge in [0.15, 0.2) is 6.61 Å². The summed E-state index contributed by atoms with van der Waals surface area (Å²) in [7, 11) is 1.42. The second kappa shape index (κ2) is 7.44. The molecular weight excluding hydrogens is 347 g/mol. The molecule has 0 bridgehead atoms. The average Bonchev–Trinajstić information content (AvgIpc) is 2.53. The van der Waals surface area contributed by atoms with Gasteiger partial charge in [-0.15, -0.1) is 0 Å². The molecule has 2 rings (SSSR count). The highest BCUT2D eigenvalue weighted by Crippen LogP contribution is 2.25. The summed E-state index contributed by atoms with van der Waals surface area (Å²) in [5, 5.41) is 2.98. The van der Waals surface area contributed by atoms with Crippen LogP contribution >= 0.6 is 11.6 Å². The van der Waals surface area contributed by atoms with Crippen LogP contribution in [-0.2, 0) is 0 Å². The quantitative estimate of drug-likeness (QED) is 0.852. The van der Waals surface area contributed by atoms with Gasteiger partial charge in [0.25, 0.3) is 5.91 Å². The SMILES string of the molecule is COc1ccc(Cl)cc1C(=O)Nc1ccc(OCC(F)(F)F)cc1. The van der Waals surface area contributed by atoms with Crippen LogP contribution in [-0.4, -0.2) is 25.8 Å². The van der Waals surface area contributed by atoms with Crippen LogP contribution in [0.15, 0.2) is 42.5 Å². The number of hydrogen-bond donors (Lipinski definition) is 1. The molecule has 2 aromatic carbocycles. The normalized spacial score (nSPS) is 11.0. The van der Waals surface area contributed by atoms with Crippen molar-refractivity contribution in [3.63, 3.8) is 0 Å². The highest BCUT2D eigenvalue weighted by Gasteiger charge is 2.28. The zero-order valence-corrected chi connectivity index (χ0v) is 13.2. The van der Waals surface area contributed by atoms with Gasteiger partial charge >= 0.3 is 6.18 Å². The smallest absolute Gasteiger partial charge is 0.422 e. The molecule has 0 fully saturated rings. The lowest BCUT2D eigenvalue weighted by Crippen LogP contribution is -2.19. The Kier molecular flexibility index (Phi) is 5.56. The minimum atomic E-state index is -4.41. The molecule has 0 spiro atoms. The van der Waals surface area contributed by atoms with E-state index in [9.17, 15) is 18.0 Å². The number of carbonyl (C=O) groups is 1. The number of hydrogen-bond acceptors (Lipinski definition) is 3. The number of rotatable bonds is 5. The Morgan fingerprint density at radius 3 is 2.42 bits per heavy atom. The molecule has 2 aromatic rings. The predicted molar refractivity (Wildman–Crippen MR) is 83.9 cm³/mol. The molecule has 1 amide bonds. The number of amides is 1. The first-order chi connectivity index (χ1) is 11.3. The number of methoxy groups -OCH3 is 1. The molecule has 0 saturated heterocycles. The van der Waals surface area contributed by atoms with Crippen LogP contribution in [0.1, 0.15) is 10.4 Å². The maximum atomic E-state index is 12.3. The van der Waals surface area contributed by atoms with Crippen molar-refractivity contribution in [1.82, 2.24) is 0 Å². The highest BCUT2D eigenvalue weighted by molar-refractivity contribution is 6.31. The van der Waals surface area contributed by atoms with E-state index in [1.54, 1.807) is 12.1 Å². The third-order valence-corrected chi connectivity index (χ3v) is 3.16. The molecule has 4 nitrogen and oxygen atoms in total. The average molecular weight is 360 g/mol. The van der Waals surface area contributed by atoms with Gasteiger partial charge in [-0.3, -0.25) is 4.79 Å². The van der Waals surface area contributed by atoms with Crippen LogP contribution < -0.4 is 14.8 Å². The molecule has 8 heteroatoms.